The van der Waals surface area contributed by atoms with E-state index in [2.05, 4.69) is 15.9 Å². The van der Waals surface area contributed by atoms with Gasteiger partial charge in [0.15, 0.2) is 0 Å². The molecular formula is C29H43N3O2. The topological polar surface area (TPSA) is 43.9 Å². The number of fused-ring (bicyclic) bond motifs is 4. The summed E-state index contributed by atoms with van der Waals surface area (Å²) in [6, 6.07) is 10.3. The lowest BCUT2D eigenvalue weighted by atomic mass is 9.68. The minimum Gasteiger partial charge on any atom is -0.366 e. The van der Waals surface area contributed by atoms with Gasteiger partial charge in [-0.2, -0.15) is 0 Å². The van der Waals surface area contributed by atoms with Crippen LogP contribution in [0.25, 0.3) is 0 Å². The molecule has 2 aliphatic carbocycles. The van der Waals surface area contributed by atoms with Crippen molar-refractivity contribution in [3.05, 3.63) is 24.3 Å². The molecule has 0 N–H and O–H groups in total. The third-order valence-electron chi connectivity index (χ3n) is 9.25. The molecule has 2 saturated carbocycles. The molecule has 0 aromatic heterocycles. The lowest BCUT2D eigenvalue weighted by Crippen LogP contribution is -2.61. The van der Waals surface area contributed by atoms with Gasteiger partial charge in [-0.15, -0.1) is 0 Å². The predicted molar refractivity (Wildman–Crippen MR) is 138 cm³/mol. The number of carbonyl (C=O) groups is 2. The van der Waals surface area contributed by atoms with Crippen molar-refractivity contribution in [1.29, 1.82) is 0 Å². The molecule has 5 heteroatoms. The predicted octanol–water partition coefficient (Wildman–Crippen LogP) is 5.42. The van der Waals surface area contributed by atoms with Crippen molar-refractivity contribution in [2.45, 2.75) is 109 Å². The van der Waals surface area contributed by atoms with Crippen LogP contribution in [0.2, 0.25) is 0 Å². The van der Waals surface area contributed by atoms with Crippen LogP contribution in [0.4, 0.5) is 11.4 Å². The summed E-state index contributed by atoms with van der Waals surface area (Å²) >= 11 is 0. The van der Waals surface area contributed by atoms with E-state index in [1.165, 1.54) is 57.8 Å². The van der Waals surface area contributed by atoms with Crippen molar-refractivity contribution < 1.29 is 9.59 Å². The van der Waals surface area contributed by atoms with Gasteiger partial charge in [0.2, 0.25) is 5.91 Å². The normalized spacial score (nSPS) is 33.3. The van der Waals surface area contributed by atoms with Gasteiger partial charge in [0.05, 0.1) is 17.9 Å². The molecule has 2 saturated heterocycles. The van der Waals surface area contributed by atoms with Crippen LogP contribution in [0.3, 0.4) is 0 Å². The number of ketones is 1. The number of piperidine rings is 2. The minimum absolute atomic E-state index is 0.118. The van der Waals surface area contributed by atoms with Crippen molar-refractivity contribution in [3.63, 3.8) is 0 Å². The number of carbonyl (C=O) groups excluding carboxylic acids is 2. The smallest absolute Gasteiger partial charge is 0.224 e. The van der Waals surface area contributed by atoms with Crippen LogP contribution in [0, 0.1) is 11.8 Å². The lowest BCUT2D eigenvalue weighted by molar-refractivity contribution is -0.118. The van der Waals surface area contributed by atoms with E-state index in [0.717, 1.165) is 42.1 Å². The molecule has 0 spiro atoms. The maximum absolute atomic E-state index is 13.1. The molecule has 2 heterocycles. The van der Waals surface area contributed by atoms with E-state index < -0.39 is 0 Å². The third-order valence-corrected chi connectivity index (χ3v) is 9.25. The van der Waals surface area contributed by atoms with Crippen LogP contribution in [-0.4, -0.2) is 54.4 Å². The van der Waals surface area contributed by atoms with Gasteiger partial charge in [-0.05, 0) is 75.8 Å². The highest BCUT2D eigenvalue weighted by Gasteiger charge is 2.46. The Kier molecular flexibility index (Phi) is 7.02. The Bertz CT molecular complexity index is 875. The fourth-order valence-corrected chi connectivity index (χ4v) is 8.17. The Morgan fingerprint density at radius 1 is 0.824 bits per heavy atom. The first-order valence-corrected chi connectivity index (χ1v) is 13.8. The molecule has 34 heavy (non-hydrogen) atoms. The van der Waals surface area contributed by atoms with Crippen molar-refractivity contribution >= 4 is 23.1 Å². The van der Waals surface area contributed by atoms with Gasteiger partial charge in [-0.1, -0.05) is 37.8 Å². The molecular weight excluding hydrogens is 422 g/mol. The standard InChI is InChI=1S/C29H43N3O2/c1-20(33)19-30(3)28-12-4-5-13-29(28)31(21(2)34)27-17-24-10-7-11-25(18-27)32(24)26-15-22-8-6-9-23(14-22)16-26/h4-5,12-13,22-27H,6-11,14-19H2,1-3H3/t22-,23+,24-,25+,26+,27+. The second-order valence-electron chi connectivity index (χ2n) is 11.8. The Labute approximate surface area is 205 Å². The maximum atomic E-state index is 13.1. The summed E-state index contributed by atoms with van der Waals surface area (Å²) in [6.07, 6.45) is 14.7. The van der Waals surface area contributed by atoms with Crippen LogP contribution in [-0.2, 0) is 9.59 Å². The van der Waals surface area contributed by atoms with Crippen molar-refractivity contribution in [1.82, 2.24) is 4.90 Å². The third kappa shape index (κ3) is 4.78. The van der Waals surface area contributed by atoms with Gasteiger partial charge in [0.1, 0.15) is 5.78 Å². The molecule has 4 fully saturated rings. The zero-order chi connectivity index (χ0) is 23.8. The molecule has 0 radical (unpaired) electrons. The summed E-state index contributed by atoms with van der Waals surface area (Å²) in [6.45, 7) is 3.70. The van der Waals surface area contributed by atoms with E-state index in [4.69, 9.17) is 0 Å². The van der Waals surface area contributed by atoms with E-state index >= 15 is 0 Å². The van der Waals surface area contributed by atoms with Crippen molar-refractivity contribution in [3.8, 4) is 0 Å². The monoisotopic (exact) mass is 465 g/mol. The molecule has 186 valence electrons. The zero-order valence-corrected chi connectivity index (χ0v) is 21.4. The van der Waals surface area contributed by atoms with E-state index in [9.17, 15) is 9.59 Å². The van der Waals surface area contributed by atoms with Crippen LogP contribution in [0.15, 0.2) is 24.3 Å². The number of likely N-dealkylation sites (N-methyl/N-ethyl adjacent to an activating group) is 1. The van der Waals surface area contributed by atoms with E-state index in [-0.39, 0.29) is 17.7 Å². The molecule has 1 aromatic rings. The molecule has 4 aliphatic rings. The van der Waals surface area contributed by atoms with E-state index in [1.54, 1.807) is 13.8 Å². The zero-order valence-electron chi connectivity index (χ0n) is 21.4. The van der Waals surface area contributed by atoms with Crippen LogP contribution in [0.5, 0.6) is 0 Å². The van der Waals surface area contributed by atoms with Gasteiger partial charge < -0.3 is 9.80 Å². The number of para-hydroxylation sites is 2. The first-order valence-electron chi connectivity index (χ1n) is 13.8. The average Bonchev–Trinajstić information content (AvgIpc) is 2.78. The number of amides is 1. The number of anilines is 2. The Morgan fingerprint density at radius 2 is 1.41 bits per heavy atom. The number of Topliss-reactive ketones (excluding diaryl/α,β-unsaturated/α-hetero) is 1. The first-order chi connectivity index (χ1) is 16.4. The summed E-state index contributed by atoms with van der Waals surface area (Å²) in [5.41, 5.74) is 1.93. The minimum atomic E-state index is 0.118. The van der Waals surface area contributed by atoms with Gasteiger partial charge in [0, 0.05) is 38.1 Å². The van der Waals surface area contributed by atoms with Gasteiger partial charge in [-0.3, -0.25) is 14.5 Å². The number of rotatable bonds is 6. The lowest BCUT2D eigenvalue weighted by Gasteiger charge is -2.56. The number of benzene rings is 1. The summed E-state index contributed by atoms with van der Waals surface area (Å²) in [4.78, 5) is 31.9. The molecule has 0 unspecified atom stereocenters. The highest BCUT2D eigenvalue weighted by Crippen LogP contribution is 2.47. The number of nitrogens with zero attached hydrogens (tertiary/aromatic N) is 3. The van der Waals surface area contributed by atoms with Gasteiger partial charge in [-0.25, -0.2) is 0 Å². The molecule has 1 amide bonds. The maximum Gasteiger partial charge on any atom is 0.224 e. The van der Waals surface area contributed by atoms with Crippen LogP contribution >= 0.6 is 0 Å². The second-order valence-corrected chi connectivity index (χ2v) is 11.8. The van der Waals surface area contributed by atoms with E-state index in [1.807, 2.05) is 30.1 Å². The fraction of sp³-hybridized carbons (Fsp3) is 0.724. The fourth-order valence-electron chi connectivity index (χ4n) is 8.17. The van der Waals surface area contributed by atoms with Crippen LogP contribution < -0.4 is 9.80 Å². The SMILES string of the molecule is CC(=O)CN(C)c1ccccc1N(C(C)=O)[C@H]1C[C@H]2CCC[C@@H](C1)N2[C@H]1C[C@@H]2CCC[C@@H](C2)C1. The molecule has 5 nitrogen and oxygen atoms in total. The number of hydrogen-bond acceptors (Lipinski definition) is 4. The molecule has 1 aromatic carbocycles. The highest BCUT2D eigenvalue weighted by atomic mass is 16.2. The van der Waals surface area contributed by atoms with Gasteiger partial charge >= 0.3 is 0 Å². The number of hydrogen-bond donors (Lipinski definition) is 0. The molecule has 5 rings (SSSR count). The Hall–Kier alpha value is -1.88. The summed E-state index contributed by atoms with van der Waals surface area (Å²) in [5, 5.41) is 0. The molecule has 4 bridgehead atoms. The largest absolute Gasteiger partial charge is 0.366 e. The molecule has 2 aliphatic heterocycles. The van der Waals surface area contributed by atoms with Crippen molar-refractivity contribution in [2.24, 2.45) is 11.8 Å². The summed E-state index contributed by atoms with van der Waals surface area (Å²) in [7, 11) is 1.95. The van der Waals surface area contributed by atoms with Crippen molar-refractivity contribution in [2.75, 3.05) is 23.4 Å². The van der Waals surface area contributed by atoms with Crippen LogP contribution in [0.1, 0.15) is 84.5 Å². The summed E-state index contributed by atoms with van der Waals surface area (Å²) in [5.74, 6) is 2.15. The first kappa shape index (κ1) is 23.8. The quantitative estimate of drug-likeness (QED) is 0.563. The molecule has 6 atom stereocenters. The average molecular weight is 466 g/mol. The van der Waals surface area contributed by atoms with Gasteiger partial charge in [0.25, 0.3) is 0 Å². The Morgan fingerprint density at radius 3 is 2.00 bits per heavy atom. The van der Waals surface area contributed by atoms with E-state index in [0.29, 0.717) is 18.6 Å². The highest BCUT2D eigenvalue weighted by molar-refractivity contribution is 5.96. The second kappa shape index (κ2) is 10.0. The summed E-state index contributed by atoms with van der Waals surface area (Å²) < 4.78 is 0. The Balaban J connectivity index is 1.38.